The van der Waals surface area contributed by atoms with E-state index in [1.807, 2.05) is 0 Å². The van der Waals surface area contributed by atoms with Crippen LogP contribution in [0, 0.1) is 0 Å². The summed E-state index contributed by atoms with van der Waals surface area (Å²) in [6, 6.07) is 9.29. The summed E-state index contributed by atoms with van der Waals surface area (Å²) < 4.78 is 16.1. The molecular weight excluding hydrogens is 454 g/mol. The fourth-order valence-corrected chi connectivity index (χ4v) is 4.58. The maximum Gasteiger partial charge on any atom is 0.409 e. The molecule has 0 bridgehead atoms. The van der Waals surface area contributed by atoms with Crippen molar-refractivity contribution in [1.82, 2.24) is 9.80 Å². The number of fused-ring (bicyclic) bond motifs is 2. The average molecular weight is 479 g/mol. The second-order valence-corrected chi connectivity index (χ2v) is 8.47. The lowest BCUT2D eigenvalue weighted by molar-refractivity contribution is 0.0485. The lowest BCUT2D eigenvalue weighted by Crippen LogP contribution is -2.48. The van der Waals surface area contributed by atoms with Crippen molar-refractivity contribution < 1.29 is 33.4 Å². The molecule has 1 N–H and O–H groups in total. The molecule has 182 valence electrons. The molecule has 1 fully saturated rings. The molecule has 35 heavy (non-hydrogen) atoms. The molecule has 0 radical (unpaired) electrons. The van der Waals surface area contributed by atoms with Crippen molar-refractivity contribution >= 4 is 29.5 Å². The number of benzene rings is 2. The molecule has 0 aromatic heterocycles. The number of hydrogen-bond donors (Lipinski definition) is 1. The SMILES string of the molecule is CCOC(=O)N1CCC(N2C(=O)c3ccc(C(=O)Nc4ccc5c(c4)OCCO5)cc3C2=O)CC1. The lowest BCUT2D eigenvalue weighted by Gasteiger charge is -2.35. The van der Waals surface area contributed by atoms with Crippen LogP contribution in [0.3, 0.4) is 0 Å². The first kappa shape index (κ1) is 22.7. The molecule has 2 aromatic rings. The van der Waals surface area contributed by atoms with Gasteiger partial charge >= 0.3 is 6.09 Å². The minimum absolute atomic E-state index is 0.206. The molecule has 0 unspecified atom stereocenters. The first-order chi connectivity index (χ1) is 17.0. The van der Waals surface area contributed by atoms with Gasteiger partial charge in [-0.2, -0.15) is 0 Å². The molecule has 3 heterocycles. The fourth-order valence-electron chi connectivity index (χ4n) is 4.58. The Morgan fingerprint density at radius 1 is 0.971 bits per heavy atom. The average Bonchev–Trinajstić information content (AvgIpc) is 3.13. The molecule has 5 rings (SSSR count). The lowest BCUT2D eigenvalue weighted by atomic mass is 10.0. The van der Waals surface area contributed by atoms with Gasteiger partial charge in [0, 0.05) is 36.4 Å². The molecule has 0 spiro atoms. The van der Waals surface area contributed by atoms with Gasteiger partial charge in [0.1, 0.15) is 13.2 Å². The van der Waals surface area contributed by atoms with Crippen molar-refractivity contribution in [2.24, 2.45) is 0 Å². The monoisotopic (exact) mass is 479 g/mol. The van der Waals surface area contributed by atoms with E-state index >= 15 is 0 Å². The largest absolute Gasteiger partial charge is 0.486 e. The van der Waals surface area contributed by atoms with Gasteiger partial charge in [0.05, 0.1) is 17.7 Å². The normalized spacial score (nSPS) is 17.3. The third-order valence-corrected chi connectivity index (χ3v) is 6.34. The highest BCUT2D eigenvalue weighted by Crippen LogP contribution is 2.33. The number of ether oxygens (including phenoxy) is 3. The Labute approximate surface area is 201 Å². The molecule has 1 saturated heterocycles. The van der Waals surface area contributed by atoms with Gasteiger partial charge < -0.3 is 24.4 Å². The van der Waals surface area contributed by atoms with E-state index in [4.69, 9.17) is 14.2 Å². The van der Waals surface area contributed by atoms with E-state index < -0.39 is 11.8 Å². The predicted molar refractivity (Wildman–Crippen MR) is 124 cm³/mol. The van der Waals surface area contributed by atoms with Gasteiger partial charge in [-0.05, 0) is 50.1 Å². The summed E-state index contributed by atoms with van der Waals surface area (Å²) in [7, 11) is 0. The van der Waals surface area contributed by atoms with Gasteiger partial charge in [-0.25, -0.2) is 4.79 Å². The molecule has 10 heteroatoms. The van der Waals surface area contributed by atoms with E-state index in [9.17, 15) is 19.2 Å². The Morgan fingerprint density at radius 2 is 1.69 bits per heavy atom. The number of anilines is 1. The molecule has 3 aliphatic rings. The van der Waals surface area contributed by atoms with Crippen LogP contribution < -0.4 is 14.8 Å². The number of carbonyl (C=O) groups is 4. The van der Waals surface area contributed by atoms with Gasteiger partial charge in [-0.1, -0.05) is 0 Å². The maximum atomic E-state index is 13.2. The minimum atomic E-state index is -0.423. The molecule has 0 atom stereocenters. The highest BCUT2D eigenvalue weighted by molar-refractivity contribution is 6.22. The van der Waals surface area contributed by atoms with Crippen molar-refractivity contribution in [3.8, 4) is 11.5 Å². The summed E-state index contributed by atoms with van der Waals surface area (Å²) in [4.78, 5) is 53.8. The van der Waals surface area contributed by atoms with E-state index in [2.05, 4.69) is 5.32 Å². The van der Waals surface area contributed by atoms with Crippen LogP contribution in [-0.2, 0) is 4.74 Å². The van der Waals surface area contributed by atoms with Gasteiger partial charge in [0.2, 0.25) is 0 Å². The molecule has 0 aliphatic carbocycles. The zero-order valence-corrected chi connectivity index (χ0v) is 19.2. The second kappa shape index (κ2) is 9.28. The highest BCUT2D eigenvalue weighted by atomic mass is 16.6. The van der Waals surface area contributed by atoms with Crippen molar-refractivity contribution in [3.63, 3.8) is 0 Å². The number of carbonyl (C=O) groups excluding carboxylic acids is 4. The van der Waals surface area contributed by atoms with Crippen molar-refractivity contribution in [3.05, 3.63) is 53.1 Å². The van der Waals surface area contributed by atoms with Gasteiger partial charge in [-0.15, -0.1) is 0 Å². The van der Waals surface area contributed by atoms with Crippen molar-refractivity contribution in [2.75, 3.05) is 38.2 Å². The van der Waals surface area contributed by atoms with Gasteiger partial charge in [0.25, 0.3) is 17.7 Å². The van der Waals surface area contributed by atoms with Crippen LogP contribution in [0.1, 0.15) is 50.8 Å². The van der Waals surface area contributed by atoms with Crippen LogP contribution in [0.25, 0.3) is 0 Å². The van der Waals surface area contributed by atoms with Crippen LogP contribution in [0.15, 0.2) is 36.4 Å². The summed E-state index contributed by atoms with van der Waals surface area (Å²) in [5.41, 5.74) is 1.27. The number of rotatable bonds is 4. The Morgan fingerprint density at radius 3 is 2.43 bits per heavy atom. The zero-order chi connectivity index (χ0) is 24.5. The third kappa shape index (κ3) is 4.27. The molecule has 10 nitrogen and oxygen atoms in total. The van der Waals surface area contributed by atoms with Crippen molar-refractivity contribution in [2.45, 2.75) is 25.8 Å². The van der Waals surface area contributed by atoms with E-state index in [0.29, 0.717) is 62.9 Å². The number of nitrogens with one attached hydrogen (secondary N) is 1. The number of imide groups is 1. The maximum absolute atomic E-state index is 13.2. The standard InChI is InChI=1S/C25H25N3O7/c1-2-33-25(32)27-9-7-17(8-10-27)28-23(30)18-5-3-15(13-19(18)24(28)31)22(29)26-16-4-6-20-21(14-16)35-12-11-34-20/h3-6,13-14,17H,2,7-12H2,1H3,(H,26,29). The first-order valence-electron chi connectivity index (χ1n) is 11.6. The Bertz CT molecular complexity index is 1200. The number of hydrogen-bond acceptors (Lipinski definition) is 7. The number of piperidine rings is 1. The Kier molecular flexibility index (Phi) is 6.02. The zero-order valence-electron chi connectivity index (χ0n) is 19.2. The summed E-state index contributed by atoms with van der Waals surface area (Å²) in [6.45, 7) is 3.75. The fraction of sp³-hybridized carbons (Fsp3) is 0.360. The van der Waals surface area contributed by atoms with Crippen LogP contribution in [-0.4, -0.2) is 72.6 Å². The van der Waals surface area contributed by atoms with Crippen molar-refractivity contribution in [1.29, 1.82) is 0 Å². The number of amides is 4. The van der Waals surface area contributed by atoms with Crippen LogP contribution >= 0.6 is 0 Å². The van der Waals surface area contributed by atoms with Gasteiger partial charge in [0.15, 0.2) is 11.5 Å². The quantitative estimate of drug-likeness (QED) is 0.671. The molecule has 4 amide bonds. The molecular formula is C25H25N3O7. The topological polar surface area (TPSA) is 114 Å². The first-order valence-corrected chi connectivity index (χ1v) is 11.6. The van der Waals surface area contributed by atoms with Gasteiger partial charge in [-0.3, -0.25) is 19.3 Å². The minimum Gasteiger partial charge on any atom is -0.486 e. The van der Waals surface area contributed by atoms with E-state index in [0.717, 1.165) is 0 Å². The molecule has 3 aliphatic heterocycles. The summed E-state index contributed by atoms with van der Waals surface area (Å²) in [6.07, 6.45) is 0.561. The Hall–Kier alpha value is -4.08. The molecule has 2 aromatic carbocycles. The van der Waals surface area contributed by atoms with E-state index in [-0.39, 0.29) is 34.7 Å². The van der Waals surface area contributed by atoms with Crippen LogP contribution in [0.5, 0.6) is 11.5 Å². The highest BCUT2D eigenvalue weighted by Gasteiger charge is 2.41. The summed E-state index contributed by atoms with van der Waals surface area (Å²) in [5.74, 6) is -0.0460. The predicted octanol–water partition coefficient (Wildman–Crippen LogP) is 2.93. The van der Waals surface area contributed by atoms with E-state index in [1.165, 1.54) is 23.1 Å². The second-order valence-electron chi connectivity index (χ2n) is 8.47. The molecule has 0 saturated carbocycles. The number of nitrogens with zero attached hydrogens (tertiary/aromatic N) is 2. The van der Waals surface area contributed by atoms with Crippen LogP contribution in [0.2, 0.25) is 0 Å². The summed E-state index contributed by atoms with van der Waals surface area (Å²) in [5, 5.41) is 2.79. The van der Waals surface area contributed by atoms with E-state index in [1.54, 1.807) is 30.0 Å². The number of likely N-dealkylation sites (tertiary alicyclic amines) is 1. The summed E-state index contributed by atoms with van der Waals surface area (Å²) >= 11 is 0. The third-order valence-electron chi connectivity index (χ3n) is 6.34. The van der Waals surface area contributed by atoms with Crippen LogP contribution in [0.4, 0.5) is 10.5 Å². The smallest absolute Gasteiger partial charge is 0.409 e. The Balaban J connectivity index is 1.28.